The van der Waals surface area contributed by atoms with Gasteiger partial charge in [0.25, 0.3) is 0 Å². The molecule has 1 rings (SSSR count). The van der Waals surface area contributed by atoms with E-state index in [-0.39, 0.29) is 11.9 Å². The van der Waals surface area contributed by atoms with Gasteiger partial charge >= 0.3 is 0 Å². The van der Waals surface area contributed by atoms with Crippen LogP contribution in [0.4, 0.5) is 10.1 Å². The summed E-state index contributed by atoms with van der Waals surface area (Å²) < 4.78 is 13.1. The first kappa shape index (κ1) is 9.00. The van der Waals surface area contributed by atoms with Crippen molar-refractivity contribution in [3.05, 3.63) is 29.6 Å². The molecule has 4 N–H and O–H groups in total. The minimum absolute atomic E-state index is 0.231. The van der Waals surface area contributed by atoms with Gasteiger partial charge < -0.3 is 11.5 Å². The second-order valence-electron chi connectivity index (χ2n) is 2.80. The van der Waals surface area contributed by atoms with Crippen molar-refractivity contribution >= 4 is 5.69 Å². The molecule has 0 bridgehead atoms. The molecule has 0 radical (unpaired) electrons. The van der Waals surface area contributed by atoms with Crippen LogP contribution in [0.1, 0.15) is 24.9 Å². The van der Waals surface area contributed by atoms with Crippen molar-refractivity contribution in [2.45, 2.75) is 19.4 Å². The maximum atomic E-state index is 13.1. The Bertz CT molecular complexity index is 273. The molecule has 12 heavy (non-hydrogen) atoms. The number of anilines is 1. The molecule has 0 heterocycles. The molecule has 1 atom stereocenters. The van der Waals surface area contributed by atoms with Crippen LogP contribution in [0.15, 0.2) is 18.2 Å². The lowest BCUT2D eigenvalue weighted by Crippen LogP contribution is -2.10. The molecule has 0 aliphatic rings. The first-order valence-corrected chi connectivity index (χ1v) is 3.95. The zero-order valence-electron chi connectivity index (χ0n) is 7.05. The lowest BCUT2D eigenvalue weighted by Gasteiger charge is -2.10. The second kappa shape index (κ2) is 3.54. The van der Waals surface area contributed by atoms with Crippen LogP contribution in [-0.4, -0.2) is 0 Å². The largest absolute Gasteiger partial charge is 0.399 e. The quantitative estimate of drug-likeness (QED) is 0.662. The van der Waals surface area contributed by atoms with E-state index in [4.69, 9.17) is 11.5 Å². The van der Waals surface area contributed by atoms with Crippen LogP contribution in [-0.2, 0) is 0 Å². The van der Waals surface area contributed by atoms with Crippen LogP contribution in [0, 0.1) is 5.82 Å². The Hall–Kier alpha value is -1.09. The summed E-state index contributed by atoms with van der Waals surface area (Å²) in [6.45, 7) is 1.92. The SMILES string of the molecule is CC[C@@H](N)c1ccc(N)cc1F. The standard InChI is InChI=1S/C9H13FN2/c1-2-9(12)7-4-3-6(11)5-8(7)10/h3-5,9H,2,11-12H2,1H3/t9-/m1/s1. The van der Waals surface area contributed by atoms with Gasteiger partial charge in [-0.3, -0.25) is 0 Å². The van der Waals surface area contributed by atoms with Crippen molar-refractivity contribution in [2.24, 2.45) is 5.73 Å². The lowest BCUT2D eigenvalue weighted by atomic mass is 10.0. The Morgan fingerprint density at radius 2 is 2.17 bits per heavy atom. The molecule has 0 saturated heterocycles. The molecule has 0 amide bonds. The van der Waals surface area contributed by atoms with E-state index in [1.54, 1.807) is 12.1 Å². The highest BCUT2D eigenvalue weighted by Crippen LogP contribution is 2.19. The van der Waals surface area contributed by atoms with Crippen molar-refractivity contribution in [3.63, 3.8) is 0 Å². The number of rotatable bonds is 2. The molecule has 2 nitrogen and oxygen atoms in total. The predicted molar refractivity (Wildman–Crippen MR) is 48.0 cm³/mol. The van der Waals surface area contributed by atoms with Crippen molar-refractivity contribution in [1.29, 1.82) is 0 Å². The Labute approximate surface area is 71.4 Å². The normalized spacial score (nSPS) is 12.9. The van der Waals surface area contributed by atoms with Crippen molar-refractivity contribution in [1.82, 2.24) is 0 Å². The molecule has 1 aromatic rings. The smallest absolute Gasteiger partial charge is 0.130 e. The van der Waals surface area contributed by atoms with Crippen LogP contribution in [0.25, 0.3) is 0 Å². The monoisotopic (exact) mass is 168 g/mol. The third-order valence-electron chi connectivity index (χ3n) is 1.86. The first-order valence-electron chi connectivity index (χ1n) is 3.95. The van der Waals surface area contributed by atoms with Crippen LogP contribution < -0.4 is 11.5 Å². The maximum Gasteiger partial charge on any atom is 0.130 e. The summed E-state index contributed by atoms with van der Waals surface area (Å²) in [4.78, 5) is 0. The van der Waals surface area contributed by atoms with Gasteiger partial charge in [0, 0.05) is 17.3 Å². The topological polar surface area (TPSA) is 52.0 Å². The molecule has 1 aromatic carbocycles. The van der Waals surface area contributed by atoms with Crippen molar-refractivity contribution in [2.75, 3.05) is 5.73 Å². The number of halogens is 1. The number of nitrogen functional groups attached to an aromatic ring is 1. The zero-order valence-corrected chi connectivity index (χ0v) is 7.05. The van der Waals surface area contributed by atoms with E-state index in [9.17, 15) is 4.39 Å². The van der Waals surface area contributed by atoms with E-state index in [1.165, 1.54) is 6.07 Å². The summed E-state index contributed by atoms with van der Waals surface area (Å²) in [6, 6.07) is 4.36. The molecule has 0 fully saturated rings. The van der Waals surface area contributed by atoms with Crippen LogP contribution in [0.5, 0.6) is 0 Å². The van der Waals surface area contributed by atoms with E-state index in [1.807, 2.05) is 6.92 Å². The van der Waals surface area contributed by atoms with Gasteiger partial charge in [-0.15, -0.1) is 0 Å². The first-order chi connectivity index (χ1) is 5.65. The molecule has 66 valence electrons. The third-order valence-corrected chi connectivity index (χ3v) is 1.86. The summed E-state index contributed by atoms with van der Waals surface area (Å²) in [5.74, 6) is -0.315. The van der Waals surface area contributed by atoms with Crippen LogP contribution in [0.2, 0.25) is 0 Å². The Morgan fingerprint density at radius 3 is 2.67 bits per heavy atom. The van der Waals surface area contributed by atoms with E-state index < -0.39 is 0 Å². The second-order valence-corrected chi connectivity index (χ2v) is 2.80. The fourth-order valence-corrected chi connectivity index (χ4v) is 1.06. The highest BCUT2D eigenvalue weighted by atomic mass is 19.1. The Kier molecular flexibility index (Phi) is 2.65. The van der Waals surface area contributed by atoms with E-state index in [2.05, 4.69) is 0 Å². The molecule has 0 unspecified atom stereocenters. The predicted octanol–water partition coefficient (Wildman–Crippen LogP) is 1.82. The van der Waals surface area contributed by atoms with E-state index in [0.717, 1.165) is 6.42 Å². The zero-order chi connectivity index (χ0) is 9.14. The fraction of sp³-hybridized carbons (Fsp3) is 0.333. The van der Waals surface area contributed by atoms with Gasteiger partial charge in [0.1, 0.15) is 5.82 Å². The molecule has 0 aromatic heterocycles. The van der Waals surface area contributed by atoms with Crippen LogP contribution in [0.3, 0.4) is 0 Å². The molecular formula is C9H13FN2. The number of hydrogen-bond donors (Lipinski definition) is 2. The Balaban J connectivity index is 3.01. The summed E-state index contributed by atoms with van der Waals surface area (Å²) in [6.07, 6.45) is 0.723. The molecule has 0 spiro atoms. The molecular weight excluding hydrogens is 155 g/mol. The van der Waals surface area contributed by atoms with Gasteiger partial charge in [-0.05, 0) is 18.6 Å². The van der Waals surface area contributed by atoms with Gasteiger partial charge in [0.05, 0.1) is 0 Å². The molecule has 0 aliphatic heterocycles. The summed E-state index contributed by atoms with van der Waals surface area (Å²) >= 11 is 0. The average Bonchev–Trinajstić information content (AvgIpc) is 2.03. The third kappa shape index (κ3) is 1.74. The van der Waals surface area contributed by atoms with Gasteiger partial charge in [0.2, 0.25) is 0 Å². The molecule has 3 heteroatoms. The van der Waals surface area contributed by atoms with E-state index in [0.29, 0.717) is 11.3 Å². The highest BCUT2D eigenvalue weighted by Gasteiger charge is 2.08. The molecule has 0 saturated carbocycles. The summed E-state index contributed by atoms with van der Waals surface area (Å²) in [5.41, 5.74) is 12.0. The molecule has 0 aliphatic carbocycles. The number of nitrogens with two attached hydrogens (primary N) is 2. The van der Waals surface area contributed by atoms with Gasteiger partial charge in [-0.25, -0.2) is 4.39 Å². The lowest BCUT2D eigenvalue weighted by molar-refractivity contribution is 0.576. The van der Waals surface area contributed by atoms with Crippen molar-refractivity contribution in [3.8, 4) is 0 Å². The van der Waals surface area contributed by atoms with Gasteiger partial charge in [0.15, 0.2) is 0 Å². The fourth-order valence-electron chi connectivity index (χ4n) is 1.06. The number of benzene rings is 1. The van der Waals surface area contributed by atoms with Gasteiger partial charge in [-0.2, -0.15) is 0 Å². The minimum Gasteiger partial charge on any atom is -0.399 e. The summed E-state index contributed by atoms with van der Waals surface area (Å²) in [5, 5.41) is 0. The average molecular weight is 168 g/mol. The van der Waals surface area contributed by atoms with E-state index >= 15 is 0 Å². The van der Waals surface area contributed by atoms with Crippen LogP contribution >= 0.6 is 0 Å². The van der Waals surface area contributed by atoms with Crippen molar-refractivity contribution < 1.29 is 4.39 Å². The van der Waals surface area contributed by atoms with Gasteiger partial charge in [-0.1, -0.05) is 13.0 Å². The number of hydrogen-bond acceptors (Lipinski definition) is 2. The minimum atomic E-state index is -0.315. The Morgan fingerprint density at radius 1 is 1.50 bits per heavy atom. The summed E-state index contributed by atoms with van der Waals surface area (Å²) in [7, 11) is 0. The maximum absolute atomic E-state index is 13.1. The highest BCUT2D eigenvalue weighted by molar-refractivity contribution is 5.41.